The molecule has 0 fully saturated rings. The Balaban J connectivity index is 0.000000104. The number of nitrogens with zero attached hydrogens (tertiary/aromatic N) is 12. The maximum atomic E-state index is 6.38. The van der Waals surface area contributed by atoms with Gasteiger partial charge in [-0.1, -0.05) is 164 Å². The van der Waals surface area contributed by atoms with E-state index in [1.165, 1.54) is 111 Å². The van der Waals surface area contributed by atoms with Gasteiger partial charge in [0.2, 0.25) is 0 Å². The molecule has 10 heterocycles. The largest absolute Gasteiger partial charge is 0.454 e. The average Bonchev–Trinajstić information content (AvgIpc) is 1.55. The van der Waals surface area contributed by atoms with Crippen molar-refractivity contribution in [3.63, 3.8) is 0 Å². The summed E-state index contributed by atoms with van der Waals surface area (Å²) in [7, 11) is 6.29. The van der Waals surface area contributed by atoms with Crippen LogP contribution in [0.1, 0.15) is 90.1 Å². The van der Waals surface area contributed by atoms with Crippen molar-refractivity contribution in [1.82, 2.24) is 19.8 Å². The van der Waals surface area contributed by atoms with Crippen molar-refractivity contribution < 1.29 is 17.7 Å². The van der Waals surface area contributed by atoms with Crippen molar-refractivity contribution in [1.29, 1.82) is 0 Å². The molecule has 0 N–H and O–H groups in total. The lowest BCUT2D eigenvalue weighted by Crippen LogP contribution is -2.42. The first-order chi connectivity index (χ1) is 55.2. The lowest BCUT2D eigenvalue weighted by Gasteiger charge is -2.33. The minimum absolute atomic E-state index is 0.222. The van der Waals surface area contributed by atoms with Crippen LogP contribution in [0.3, 0.4) is 0 Å². The zero-order valence-electron chi connectivity index (χ0n) is 68.3. The molecule has 0 spiro atoms. The molecular weight excluding hydrogens is 1410 g/mol. The number of anilines is 11. The maximum absolute atomic E-state index is 6.38. The second-order valence-corrected chi connectivity index (χ2v) is 31.4. The van der Waals surface area contributed by atoms with Crippen LogP contribution in [0, 0.1) is 34.6 Å². The number of para-hydroxylation sites is 9. The number of furan rings is 4. The lowest BCUT2D eigenvalue weighted by atomic mass is 10.1. The minimum atomic E-state index is 0.222. The average molecular weight is 1510 g/mol. The highest BCUT2D eigenvalue weighted by atomic mass is 16.3. The van der Waals surface area contributed by atoms with Gasteiger partial charge in [-0.3, -0.25) is 0 Å². The number of rotatable bonds is 7. The predicted molar refractivity (Wildman–Crippen MR) is 476 cm³/mol. The highest BCUT2D eigenvalue weighted by Gasteiger charge is 2.39. The Morgan fingerprint density at radius 3 is 1.08 bits per heavy atom. The third-order valence-electron chi connectivity index (χ3n) is 23.9. The van der Waals surface area contributed by atoms with Gasteiger partial charge in [-0.25, -0.2) is 9.97 Å². The molecule has 0 aliphatic carbocycles. The van der Waals surface area contributed by atoms with Gasteiger partial charge < -0.3 is 66.7 Å². The van der Waals surface area contributed by atoms with Crippen LogP contribution in [0.25, 0.3) is 87.8 Å². The Bertz CT molecular complexity index is 6380. The molecule has 0 saturated carbocycles. The minimum Gasteiger partial charge on any atom is -0.454 e. The lowest BCUT2D eigenvalue weighted by molar-refractivity contribution is 0.263. The molecule has 5 unspecified atom stereocenters. The predicted octanol–water partition coefficient (Wildman–Crippen LogP) is 24.9. The molecule has 16 nitrogen and oxygen atoms in total. The van der Waals surface area contributed by atoms with E-state index in [2.05, 4.69) is 378 Å². The molecule has 0 bridgehead atoms. The molecule has 5 aliphatic heterocycles. The van der Waals surface area contributed by atoms with E-state index in [0.717, 1.165) is 67.7 Å². The summed E-state index contributed by atoms with van der Waals surface area (Å²) < 4.78 is 25.1. The summed E-state index contributed by atoms with van der Waals surface area (Å²) in [5.41, 5.74) is 24.7. The van der Waals surface area contributed by atoms with E-state index in [1.54, 1.807) is 12.4 Å². The Hall–Kier alpha value is -12.8. The van der Waals surface area contributed by atoms with Crippen molar-refractivity contribution in [2.45, 2.75) is 140 Å². The van der Waals surface area contributed by atoms with Gasteiger partial charge in [0.1, 0.15) is 53.2 Å². The van der Waals surface area contributed by atoms with Crippen LogP contribution in [0.15, 0.2) is 273 Å². The van der Waals surface area contributed by atoms with Crippen molar-refractivity contribution in [3.05, 3.63) is 283 Å². The van der Waals surface area contributed by atoms with E-state index < -0.39 is 0 Å². The zero-order chi connectivity index (χ0) is 79.2. The van der Waals surface area contributed by atoms with Gasteiger partial charge in [0, 0.05) is 119 Å². The van der Waals surface area contributed by atoms with Crippen LogP contribution in [0.2, 0.25) is 0 Å². The van der Waals surface area contributed by atoms with Crippen LogP contribution < -0.4 is 39.2 Å². The summed E-state index contributed by atoms with van der Waals surface area (Å²) >= 11 is 0. The fourth-order valence-corrected chi connectivity index (χ4v) is 17.7. The molecule has 576 valence electrons. The molecule has 11 aromatic carbocycles. The van der Waals surface area contributed by atoms with Crippen LogP contribution >= 0.6 is 0 Å². The molecule has 5 aromatic heterocycles. The molecule has 5 atom stereocenters. The Kier molecular flexibility index (Phi) is 19.3. The summed E-state index contributed by atoms with van der Waals surface area (Å²) in [5, 5.41) is 9.43. The van der Waals surface area contributed by atoms with Crippen molar-refractivity contribution >= 4 is 151 Å². The molecule has 0 saturated heterocycles. The van der Waals surface area contributed by atoms with Gasteiger partial charge in [0.25, 0.3) is 0 Å². The summed E-state index contributed by atoms with van der Waals surface area (Å²) in [5.74, 6) is 1.87. The van der Waals surface area contributed by atoms with E-state index in [9.17, 15) is 0 Å². The first-order valence-electron chi connectivity index (χ1n) is 39.9. The SMILES string of the molecule is Cc1ccc2c(oc3ccccc32)c1N1C=CN(C(C)C)C1C.Cc1ccc2c(oc3ccccc32)c1N1C=CN(C)C1C.Cc1ccc2c(oc3ccccc32)c1N1c2ccccc2N(C(C)C)C1C.Cc1ccc2c(oc3ccccc32)c1N1c2ccccc2N(C)C1C.Cc1ccccc1N1c2nccnc2N(C)C1C. The Morgan fingerprint density at radius 1 is 0.289 bits per heavy atom. The quantitative estimate of drug-likeness (QED) is 0.151. The normalized spacial score (nSPS) is 17.5. The first kappa shape index (κ1) is 74.0. The third kappa shape index (κ3) is 12.4. The molecule has 0 amide bonds. The van der Waals surface area contributed by atoms with E-state index in [0.29, 0.717) is 18.2 Å². The van der Waals surface area contributed by atoms with E-state index >= 15 is 0 Å². The second kappa shape index (κ2) is 29.7. The van der Waals surface area contributed by atoms with Crippen LogP contribution in [0.5, 0.6) is 0 Å². The highest BCUT2D eigenvalue weighted by molar-refractivity contribution is 6.14. The van der Waals surface area contributed by atoms with E-state index in [-0.39, 0.29) is 24.7 Å². The van der Waals surface area contributed by atoms with Gasteiger partial charge in [-0.05, 0) is 179 Å². The molecular formula is C98H100N12O4. The molecule has 16 heteroatoms. The smallest absolute Gasteiger partial charge is 0.178 e. The standard InChI is InChI=1S/C24H24N2O.C22H20N2O.C20H22N2O.C18H18N2O.C14H16N4/c1-15(2)25-17(4)26(21-11-7-6-10-20(21)25)23-16(3)13-14-19-18-9-5-8-12-22(18)27-24(19)23;1-14-12-13-17-16-8-4-7-11-20(16)25-22(17)21(14)24-15(2)23(3)18-9-5-6-10-19(18)24;1-13(2)21-11-12-22(15(21)4)19-14(3)9-10-17-16-7-5-6-8-18(16)23-20(17)19;1-12-8-9-15-14-6-4-5-7-16(14)21-18(15)17(12)20-11-10-19(3)13(20)2;1-10-6-4-5-7-12(10)18-11(2)17(3)13-14(18)16-9-8-15-13/h5-15,17H,1-4H3;4-13,15H,1-3H3;5-13,15H,1-4H3;4-11,13H,1-3H3;4-9,11H,1-3H3. The van der Waals surface area contributed by atoms with Gasteiger partial charge in [-0.2, -0.15) is 0 Å². The monoisotopic (exact) mass is 1510 g/mol. The summed E-state index contributed by atoms with van der Waals surface area (Å²) in [4.78, 5) is 32.1. The zero-order valence-corrected chi connectivity index (χ0v) is 68.3. The third-order valence-corrected chi connectivity index (χ3v) is 23.9. The highest BCUT2D eigenvalue weighted by Crippen LogP contribution is 2.52. The number of hydrogen-bond acceptors (Lipinski definition) is 16. The van der Waals surface area contributed by atoms with Gasteiger partial charge in [-0.15, -0.1) is 0 Å². The van der Waals surface area contributed by atoms with Gasteiger partial charge in [0.05, 0.1) is 45.5 Å². The fraction of sp³-hybridized carbons (Fsp3) is 0.245. The number of fused-ring (bicyclic) bond motifs is 15. The van der Waals surface area contributed by atoms with Crippen molar-refractivity contribution in [3.8, 4) is 0 Å². The number of benzene rings is 11. The van der Waals surface area contributed by atoms with E-state index in [1.807, 2.05) is 42.5 Å². The van der Waals surface area contributed by atoms with Gasteiger partial charge in [0.15, 0.2) is 34.0 Å². The van der Waals surface area contributed by atoms with Crippen LogP contribution in [-0.4, -0.2) is 83.8 Å². The summed E-state index contributed by atoms with van der Waals surface area (Å²) in [6, 6.07) is 77.1. The van der Waals surface area contributed by atoms with Crippen molar-refractivity contribution in [2.24, 2.45) is 0 Å². The van der Waals surface area contributed by atoms with Gasteiger partial charge >= 0.3 is 0 Å². The molecule has 114 heavy (non-hydrogen) atoms. The fourth-order valence-electron chi connectivity index (χ4n) is 17.7. The first-order valence-corrected chi connectivity index (χ1v) is 39.9. The van der Waals surface area contributed by atoms with Crippen LogP contribution in [0.4, 0.5) is 62.8 Å². The summed E-state index contributed by atoms with van der Waals surface area (Å²) in [6.45, 7) is 30.8. The number of aromatic nitrogens is 2. The second-order valence-electron chi connectivity index (χ2n) is 31.4. The summed E-state index contributed by atoms with van der Waals surface area (Å²) in [6.07, 6.45) is 13.3. The van der Waals surface area contributed by atoms with Crippen molar-refractivity contribution in [2.75, 3.05) is 60.3 Å². The number of aryl methyl sites for hydroxylation is 5. The molecule has 0 radical (unpaired) electrons. The topological polar surface area (TPSA) is 111 Å². The Morgan fingerprint density at radius 2 is 0.649 bits per heavy atom. The molecule has 21 rings (SSSR count). The van der Waals surface area contributed by atoms with E-state index in [4.69, 9.17) is 17.7 Å². The Labute approximate surface area is 667 Å². The molecule has 5 aliphatic rings. The molecule has 16 aromatic rings. The van der Waals surface area contributed by atoms with Crippen LogP contribution in [-0.2, 0) is 0 Å². The maximum Gasteiger partial charge on any atom is 0.178 e. The number of hydrogen-bond donors (Lipinski definition) is 0.